The van der Waals surface area contributed by atoms with Gasteiger partial charge in [-0.25, -0.2) is 4.98 Å². The number of nitrogens with zero attached hydrogens (tertiary/aromatic N) is 3. The van der Waals surface area contributed by atoms with E-state index in [9.17, 15) is 0 Å². The van der Waals surface area contributed by atoms with Crippen molar-refractivity contribution >= 4 is 21.7 Å². The summed E-state index contributed by atoms with van der Waals surface area (Å²) in [5.74, 6) is 0.580. The first-order chi connectivity index (χ1) is 10.3. The van der Waals surface area contributed by atoms with E-state index in [1.54, 1.807) is 6.20 Å². The summed E-state index contributed by atoms with van der Waals surface area (Å²) < 4.78 is 0.960. The second-order valence-corrected chi connectivity index (χ2v) is 5.44. The largest absolute Gasteiger partial charge is 0.358 e. The van der Waals surface area contributed by atoms with Crippen molar-refractivity contribution in [2.24, 2.45) is 10.2 Å². The van der Waals surface area contributed by atoms with Gasteiger partial charge in [-0.3, -0.25) is 0 Å². The number of halogens is 1. The lowest BCUT2D eigenvalue weighted by Gasteiger charge is -2.28. The van der Waals surface area contributed by atoms with Gasteiger partial charge in [0.25, 0.3) is 0 Å². The second-order valence-electron chi connectivity index (χ2n) is 4.53. The van der Waals surface area contributed by atoms with Crippen LogP contribution in [0.15, 0.2) is 87.8 Å². The third-order valence-electron chi connectivity index (χ3n) is 3.09. The summed E-state index contributed by atoms with van der Waals surface area (Å²) in [5, 5.41) is 12.0. The van der Waals surface area contributed by atoms with Gasteiger partial charge in [-0.2, -0.15) is 0 Å². The number of hydrogen-bond donors (Lipinski definition) is 1. The van der Waals surface area contributed by atoms with E-state index in [0.29, 0.717) is 5.82 Å². The van der Waals surface area contributed by atoms with Gasteiger partial charge in [-0.15, -0.1) is 10.2 Å². The Labute approximate surface area is 131 Å². The number of hydrogen-bond acceptors (Lipinski definition) is 4. The zero-order valence-corrected chi connectivity index (χ0v) is 12.7. The van der Waals surface area contributed by atoms with Crippen LogP contribution < -0.4 is 5.32 Å². The molecule has 0 aliphatic carbocycles. The molecule has 0 saturated carbocycles. The molecule has 1 N–H and O–H groups in total. The fourth-order valence-electron chi connectivity index (χ4n) is 2.01. The number of dihydropyridines is 1. The molecule has 1 aliphatic heterocycles. The van der Waals surface area contributed by atoms with E-state index in [1.165, 1.54) is 0 Å². The minimum absolute atomic E-state index is 0.580. The number of azo groups is 1. The summed E-state index contributed by atoms with van der Waals surface area (Å²) in [6.45, 7) is 0. The molecule has 4 nitrogen and oxygen atoms in total. The summed E-state index contributed by atoms with van der Waals surface area (Å²) in [5.41, 5.74) is 0.299. The molecule has 0 spiro atoms. The molecule has 0 amide bonds. The highest BCUT2D eigenvalue weighted by Crippen LogP contribution is 2.30. The third kappa shape index (κ3) is 3.08. The first-order valence-electron chi connectivity index (χ1n) is 6.51. The molecule has 0 fully saturated rings. The number of rotatable bonds is 3. The van der Waals surface area contributed by atoms with E-state index >= 15 is 0 Å². The van der Waals surface area contributed by atoms with Crippen molar-refractivity contribution in [3.63, 3.8) is 0 Å². The molecule has 104 valence electrons. The SMILES string of the molecule is BrC1=CNC(N=Nc2ccccn2)(c2ccccc2)C=C1. The number of benzene rings is 1. The molecular weight excluding hydrogens is 328 g/mol. The minimum Gasteiger partial charge on any atom is -0.358 e. The van der Waals surface area contributed by atoms with Gasteiger partial charge in [0.2, 0.25) is 0 Å². The predicted molar refractivity (Wildman–Crippen MR) is 86.2 cm³/mol. The average Bonchev–Trinajstić information content (AvgIpc) is 2.57. The van der Waals surface area contributed by atoms with Gasteiger partial charge in [0.1, 0.15) is 0 Å². The van der Waals surface area contributed by atoms with Gasteiger partial charge in [0.05, 0.1) is 0 Å². The molecule has 21 heavy (non-hydrogen) atoms. The first kappa shape index (κ1) is 13.7. The Morgan fingerprint density at radius 1 is 1.05 bits per heavy atom. The number of nitrogens with one attached hydrogen (secondary N) is 1. The van der Waals surface area contributed by atoms with Crippen LogP contribution in [0.3, 0.4) is 0 Å². The van der Waals surface area contributed by atoms with E-state index in [-0.39, 0.29) is 0 Å². The highest BCUT2D eigenvalue weighted by atomic mass is 79.9. The van der Waals surface area contributed by atoms with E-state index in [0.717, 1.165) is 10.0 Å². The summed E-state index contributed by atoms with van der Waals surface area (Å²) in [6, 6.07) is 15.5. The standard InChI is InChI=1S/C16H13BrN4/c17-14-9-10-16(19-12-14,13-6-2-1-3-7-13)21-20-15-8-4-5-11-18-15/h1-12,19H. The Balaban J connectivity index is 1.98. The van der Waals surface area contributed by atoms with Gasteiger partial charge in [0, 0.05) is 22.4 Å². The zero-order chi connectivity index (χ0) is 14.5. The van der Waals surface area contributed by atoms with E-state index < -0.39 is 5.66 Å². The second kappa shape index (κ2) is 6.01. The summed E-state index contributed by atoms with van der Waals surface area (Å²) in [4.78, 5) is 4.17. The quantitative estimate of drug-likeness (QED) is 0.841. The topological polar surface area (TPSA) is 49.6 Å². The van der Waals surface area contributed by atoms with Crippen molar-refractivity contribution in [1.82, 2.24) is 10.3 Å². The molecule has 1 aromatic carbocycles. The van der Waals surface area contributed by atoms with Crippen molar-refractivity contribution in [3.8, 4) is 0 Å². The Hall–Kier alpha value is -2.27. The van der Waals surface area contributed by atoms with Crippen LogP contribution in [-0.4, -0.2) is 4.98 Å². The van der Waals surface area contributed by atoms with Crippen LogP contribution in [0.25, 0.3) is 0 Å². The molecule has 0 bridgehead atoms. The maximum atomic E-state index is 4.49. The lowest BCUT2D eigenvalue weighted by molar-refractivity contribution is 0.472. The summed E-state index contributed by atoms with van der Waals surface area (Å²) in [6.07, 6.45) is 7.49. The van der Waals surface area contributed by atoms with E-state index in [2.05, 4.69) is 36.5 Å². The number of aromatic nitrogens is 1. The number of allylic oxidation sites excluding steroid dienone is 2. The molecule has 0 radical (unpaired) electrons. The lowest BCUT2D eigenvalue weighted by Crippen LogP contribution is -2.36. The molecule has 2 heterocycles. The van der Waals surface area contributed by atoms with E-state index in [1.807, 2.05) is 66.9 Å². The highest BCUT2D eigenvalue weighted by molar-refractivity contribution is 9.11. The monoisotopic (exact) mass is 340 g/mol. The van der Waals surface area contributed by atoms with Crippen molar-refractivity contribution in [2.75, 3.05) is 0 Å². The Morgan fingerprint density at radius 2 is 1.86 bits per heavy atom. The maximum Gasteiger partial charge on any atom is 0.195 e. The highest BCUT2D eigenvalue weighted by Gasteiger charge is 2.30. The smallest absolute Gasteiger partial charge is 0.195 e. The fraction of sp³-hybridized carbons (Fsp3) is 0.0625. The van der Waals surface area contributed by atoms with E-state index in [4.69, 9.17) is 0 Å². The molecule has 3 rings (SSSR count). The molecule has 1 aliphatic rings. The molecule has 0 saturated heterocycles. The Bertz CT molecular complexity index is 695. The normalized spacial score (nSPS) is 21.1. The Kier molecular flexibility index (Phi) is 3.92. The number of pyridine rings is 1. The first-order valence-corrected chi connectivity index (χ1v) is 7.30. The summed E-state index contributed by atoms with van der Waals surface area (Å²) in [7, 11) is 0. The van der Waals surface area contributed by atoms with Gasteiger partial charge in [-0.05, 0) is 40.2 Å². The predicted octanol–water partition coefficient (Wildman–Crippen LogP) is 4.41. The molecule has 1 aromatic heterocycles. The molecular formula is C16H13BrN4. The molecule has 1 atom stereocenters. The maximum absolute atomic E-state index is 4.49. The van der Waals surface area contributed by atoms with Gasteiger partial charge in [0.15, 0.2) is 11.5 Å². The summed E-state index contributed by atoms with van der Waals surface area (Å²) >= 11 is 3.44. The molecule has 2 aromatic rings. The van der Waals surface area contributed by atoms with Crippen molar-refractivity contribution < 1.29 is 0 Å². The molecule has 1 unspecified atom stereocenters. The lowest BCUT2D eigenvalue weighted by atomic mass is 9.98. The molecule has 5 heteroatoms. The Morgan fingerprint density at radius 3 is 2.52 bits per heavy atom. The van der Waals surface area contributed by atoms with Gasteiger partial charge >= 0.3 is 0 Å². The van der Waals surface area contributed by atoms with Crippen LogP contribution in [-0.2, 0) is 5.66 Å². The fourth-order valence-corrected chi connectivity index (χ4v) is 2.26. The van der Waals surface area contributed by atoms with Crippen molar-refractivity contribution in [3.05, 3.63) is 83.1 Å². The van der Waals surface area contributed by atoms with Crippen LogP contribution in [0.1, 0.15) is 5.56 Å². The van der Waals surface area contributed by atoms with Crippen LogP contribution in [0.5, 0.6) is 0 Å². The third-order valence-corrected chi connectivity index (χ3v) is 3.58. The van der Waals surface area contributed by atoms with Crippen LogP contribution in [0.2, 0.25) is 0 Å². The van der Waals surface area contributed by atoms with Crippen molar-refractivity contribution in [2.45, 2.75) is 5.66 Å². The minimum atomic E-state index is -0.712. The van der Waals surface area contributed by atoms with Crippen LogP contribution >= 0.6 is 15.9 Å². The van der Waals surface area contributed by atoms with Gasteiger partial charge in [-0.1, -0.05) is 36.4 Å². The van der Waals surface area contributed by atoms with Crippen LogP contribution in [0, 0.1) is 0 Å². The van der Waals surface area contributed by atoms with Crippen molar-refractivity contribution in [1.29, 1.82) is 0 Å². The van der Waals surface area contributed by atoms with Crippen LogP contribution in [0.4, 0.5) is 5.82 Å². The average molecular weight is 341 g/mol. The van der Waals surface area contributed by atoms with Gasteiger partial charge < -0.3 is 5.32 Å². The zero-order valence-electron chi connectivity index (χ0n) is 11.1.